The summed E-state index contributed by atoms with van der Waals surface area (Å²) in [6.07, 6.45) is 7.40. The molecule has 4 rings (SSSR count). The SMILES string of the molecule is S=C(NC[C@@H]1CCCO1)Nc1nc(N2CCCC2)cc(N2CCCC2)n1. The van der Waals surface area contributed by atoms with Gasteiger partial charge in [-0.05, 0) is 50.7 Å². The average Bonchev–Trinajstić information content (AvgIpc) is 3.43. The molecule has 3 saturated heterocycles. The quantitative estimate of drug-likeness (QED) is 0.758. The zero-order valence-corrected chi connectivity index (χ0v) is 16.1. The van der Waals surface area contributed by atoms with E-state index >= 15 is 0 Å². The van der Waals surface area contributed by atoms with E-state index in [1.165, 1.54) is 25.7 Å². The molecule has 8 heteroatoms. The van der Waals surface area contributed by atoms with Crippen LogP contribution in [0.4, 0.5) is 17.6 Å². The number of thiocarbonyl (C=S) groups is 1. The largest absolute Gasteiger partial charge is 0.376 e. The van der Waals surface area contributed by atoms with Crippen LogP contribution < -0.4 is 20.4 Å². The molecule has 1 atom stereocenters. The first-order valence-corrected chi connectivity index (χ1v) is 10.2. The number of rotatable bonds is 5. The Kier molecular flexibility index (Phi) is 5.69. The zero-order chi connectivity index (χ0) is 17.8. The van der Waals surface area contributed by atoms with E-state index in [1.54, 1.807) is 0 Å². The Hall–Kier alpha value is -1.67. The first kappa shape index (κ1) is 17.7. The van der Waals surface area contributed by atoms with Crippen molar-refractivity contribution in [1.29, 1.82) is 0 Å². The van der Waals surface area contributed by atoms with E-state index in [0.29, 0.717) is 11.1 Å². The van der Waals surface area contributed by atoms with Crippen LogP contribution in [0.1, 0.15) is 38.5 Å². The molecule has 4 heterocycles. The maximum atomic E-state index is 5.63. The summed E-state index contributed by atoms with van der Waals surface area (Å²) >= 11 is 5.44. The first-order chi connectivity index (χ1) is 12.8. The van der Waals surface area contributed by atoms with Gasteiger partial charge in [0.15, 0.2) is 5.11 Å². The van der Waals surface area contributed by atoms with Gasteiger partial charge in [-0.25, -0.2) is 0 Å². The standard InChI is InChI=1S/C18H28N6OS/c26-18(19-13-14-6-5-11-25-14)22-17-20-15(23-7-1-2-8-23)12-16(21-17)24-9-3-4-10-24/h12,14H,1-11,13H2,(H2,19,20,21,22,26)/t14-/m0/s1. The van der Waals surface area contributed by atoms with Crippen molar-refractivity contribution in [2.75, 3.05) is 54.4 Å². The normalized spacial score (nSPS) is 22.8. The van der Waals surface area contributed by atoms with Crippen LogP contribution in [0.2, 0.25) is 0 Å². The third-order valence-electron chi connectivity index (χ3n) is 5.30. The Balaban J connectivity index is 1.45. The number of nitrogens with zero attached hydrogens (tertiary/aromatic N) is 4. The van der Waals surface area contributed by atoms with Gasteiger partial charge in [0.2, 0.25) is 5.95 Å². The van der Waals surface area contributed by atoms with E-state index in [2.05, 4.69) is 26.5 Å². The highest BCUT2D eigenvalue weighted by Crippen LogP contribution is 2.26. The van der Waals surface area contributed by atoms with Crippen molar-refractivity contribution in [3.05, 3.63) is 6.07 Å². The monoisotopic (exact) mass is 376 g/mol. The second kappa shape index (κ2) is 8.35. The zero-order valence-electron chi connectivity index (χ0n) is 15.2. The molecular weight excluding hydrogens is 348 g/mol. The number of anilines is 3. The highest BCUT2D eigenvalue weighted by molar-refractivity contribution is 7.80. The molecule has 3 aliphatic rings. The number of hydrogen-bond donors (Lipinski definition) is 2. The van der Waals surface area contributed by atoms with Crippen LogP contribution in [0.3, 0.4) is 0 Å². The molecule has 7 nitrogen and oxygen atoms in total. The van der Waals surface area contributed by atoms with Gasteiger partial charge in [0, 0.05) is 45.4 Å². The highest BCUT2D eigenvalue weighted by atomic mass is 32.1. The lowest BCUT2D eigenvalue weighted by atomic mass is 10.2. The van der Waals surface area contributed by atoms with Gasteiger partial charge in [0.1, 0.15) is 11.6 Å². The summed E-state index contributed by atoms with van der Waals surface area (Å²) in [5.74, 6) is 2.59. The lowest BCUT2D eigenvalue weighted by molar-refractivity contribution is 0.114. The van der Waals surface area contributed by atoms with E-state index in [1.807, 2.05) is 0 Å². The number of aromatic nitrogens is 2. The third-order valence-corrected chi connectivity index (χ3v) is 5.55. The topological polar surface area (TPSA) is 65.6 Å². The molecule has 0 bridgehead atoms. The molecule has 0 spiro atoms. The molecule has 0 aliphatic carbocycles. The molecule has 1 aromatic heterocycles. The van der Waals surface area contributed by atoms with Gasteiger partial charge in [-0.15, -0.1) is 0 Å². The predicted molar refractivity (Wildman–Crippen MR) is 108 cm³/mol. The van der Waals surface area contributed by atoms with E-state index < -0.39 is 0 Å². The second-order valence-corrected chi connectivity index (χ2v) is 7.67. The fourth-order valence-electron chi connectivity index (χ4n) is 3.85. The van der Waals surface area contributed by atoms with E-state index in [9.17, 15) is 0 Å². The van der Waals surface area contributed by atoms with Crippen LogP contribution in [-0.2, 0) is 4.74 Å². The van der Waals surface area contributed by atoms with Crippen LogP contribution in [0.25, 0.3) is 0 Å². The van der Waals surface area contributed by atoms with Crippen LogP contribution >= 0.6 is 12.2 Å². The maximum absolute atomic E-state index is 5.63. The van der Waals surface area contributed by atoms with Crippen molar-refractivity contribution >= 4 is 34.9 Å². The summed E-state index contributed by atoms with van der Waals surface area (Å²) in [6, 6.07) is 2.13. The Morgan fingerprint density at radius 3 is 2.19 bits per heavy atom. The lowest BCUT2D eigenvalue weighted by Gasteiger charge is -2.22. The van der Waals surface area contributed by atoms with Gasteiger partial charge in [-0.2, -0.15) is 9.97 Å². The van der Waals surface area contributed by atoms with Gasteiger partial charge < -0.3 is 25.2 Å². The van der Waals surface area contributed by atoms with Gasteiger partial charge in [-0.3, -0.25) is 0 Å². The summed E-state index contributed by atoms with van der Waals surface area (Å²) in [7, 11) is 0. The average molecular weight is 377 g/mol. The fourth-order valence-corrected chi connectivity index (χ4v) is 4.03. The van der Waals surface area contributed by atoms with Gasteiger partial charge in [-0.1, -0.05) is 0 Å². The Morgan fingerprint density at radius 2 is 1.65 bits per heavy atom. The molecule has 0 unspecified atom stereocenters. The van der Waals surface area contributed by atoms with E-state index in [4.69, 9.17) is 26.9 Å². The van der Waals surface area contributed by atoms with Gasteiger partial charge in [0.05, 0.1) is 6.10 Å². The van der Waals surface area contributed by atoms with Crippen molar-refractivity contribution < 1.29 is 4.74 Å². The predicted octanol–water partition coefficient (Wildman–Crippen LogP) is 2.14. The van der Waals surface area contributed by atoms with E-state index in [-0.39, 0.29) is 6.10 Å². The molecule has 26 heavy (non-hydrogen) atoms. The molecular formula is C18H28N6OS. The molecule has 0 saturated carbocycles. The molecule has 3 fully saturated rings. The Morgan fingerprint density at radius 1 is 1.04 bits per heavy atom. The lowest BCUT2D eigenvalue weighted by Crippen LogP contribution is -2.35. The van der Waals surface area contributed by atoms with Gasteiger partial charge >= 0.3 is 0 Å². The summed E-state index contributed by atoms with van der Waals surface area (Å²) in [5, 5.41) is 6.98. The molecule has 2 N–H and O–H groups in total. The minimum atomic E-state index is 0.256. The van der Waals surface area contributed by atoms with Gasteiger partial charge in [0.25, 0.3) is 0 Å². The molecule has 0 amide bonds. The fraction of sp³-hybridized carbons (Fsp3) is 0.722. The molecule has 142 valence electrons. The van der Waals surface area contributed by atoms with E-state index in [0.717, 1.165) is 63.8 Å². The van der Waals surface area contributed by atoms with Crippen LogP contribution in [0.15, 0.2) is 6.07 Å². The summed E-state index contributed by atoms with van der Waals surface area (Å²) in [6.45, 7) is 5.85. The van der Waals surface area contributed by atoms with Crippen molar-refractivity contribution in [3.8, 4) is 0 Å². The number of hydrogen-bond acceptors (Lipinski definition) is 6. The van der Waals surface area contributed by atoms with Crippen LogP contribution in [0.5, 0.6) is 0 Å². The van der Waals surface area contributed by atoms with Crippen molar-refractivity contribution in [2.24, 2.45) is 0 Å². The Labute approximate surface area is 160 Å². The second-order valence-electron chi connectivity index (χ2n) is 7.27. The van der Waals surface area contributed by atoms with Crippen molar-refractivity contribution in [2.45, 2.75) is 44.6 Å². The molecule has 3 aliphatic heterocycles. The summed E-state index contributed by atoms with van der Waals surface area (Å²) in [5.41, 5.74) is 0. The maximum Gasteiger partial charge on any atom is 0.232 e. The van der Waals surface area contributed by atoms with Crippen molar-refractivity contribution in [1.82, 2.24) is 15.3 Å². The molecule has 0 radical (unpaired) electrons. The third kappa shape index (κ3) is 4.35. The Bertz CT molecular complexity index is 590. The smallest absolute Gasteiger partial charge is 0.232 e. The summed E-state index contributed by atoms with van der Waals surface area (Å²) in [4.78, 5) is 14.1. The molecule has 0 aromatic carbocycles. The van der Waals surface area contributed by atoms with Crippen LogP contribution in [0, 0.1) is 0 Å². The highest BCUT2D eigenvalue weighted by Gasteiger charge is 2.21. The minimum absolute atomic E-state index is 0.256. The minimum Gasteiger partial charge on any atom is -0.376 e. The van der Waals surface area contributed by atoms with Crippen LogP contribution in [-0.4, -0.2) is 60.5 Å². The van der Waals surface area contributed by atoms with Crippen molar-refractivity contribution in [3.63, 3.8) is 0 Å². The number of nitrogens with one attached hydrogen (secondary N) is 2. The number of ether oxygens (including phenoxy) is 1. The molecule has 1 aromatic rings. The summed E-state index contributed by atoms with van der Waals surface area (Å²) < 4.78 is 5.63. The first-order valence-electron chi connectivity index (χ1n) is 9.83.